The predicted octanol–water partition coefficient (Wildman–Crippen LogP) is 4.13. The maximum atomic E-state index is 12.2. The zero-order valence-electron chi connectivity index (χ0n) is 16.9. The number of nitrogens with zero attached hydrogens (tertiary/aromatic N) is 2. The van der Waals surface area contributed by atoms with Crippen LogP contribution in [0.25, 0.3) is 5.65 Å². The van der Waals surface area contributed by atoms with E-state index in [1.807, 2.05) is 41.1 Å². The van der Waals surface area contributed by atoms with Crippen molar-refractivity contribution in [2.24, 2.45) is 0 Å². The number of fused-ring (bicyclic) bond motifs is 1. The van der Waals surface area contributed by atoms with Crippen molar-refractivity contribution in [2.45, 2.75) is 13.5 Å². The summed E-state index contributed by atoms with van der Waals surface area (Å²) in [7, 11) is 0. The number of imidazole rings is 1. The van der Waals surface area contributed by atoms with E-state index < -0.39 is 0 Å². The van der Waals surface area contributed by atoms with Crippen molar-refractivity contribution < 1.29 is 19.1 Å². The SMILES string of the molecule is CC(=O)c1ccc(OCC(=O)Nc2cccc(OCc3cn4ccccc4n3)c2)cc1. The molecule has 4 rings (SSSR count). The van der Waals surface area contributed by atoms with Crippen molar-refractivity contribution in [3.05, 3.63) is 90.4 Å². The maximum absolute atomic E-state index is 12.2. The third-order valence-electron chi connectivity index (χ3n) is 4.55. The number of hydrogen-bond donors (Lipinski definition) is 1. The van der Waals surface area contributed by atoms with Crippen LogP contribution in [0.5, 0.6) is 11.5 Å². The Morgan fingerprint density at radius 1 is 0.968 bits per heavy atom. The highest BCUT2D eigenvalue weighted by Gasteiger charge is 2.07. The van der Waals surface area contributed by atoms with Crippen molar-refractivity contribution >= 4 is 23.0 Å². The molecule has 0 fully saturated rings. The van der Waals surface area contributed by atoms with Crippen LogP contribution in [0, 0.1) is 0 Å². The minimum atomic E-state index is -0.298. The molecule has 0 aliphatic rings. The molecule has 31 heavy (non-hydrogen) atoms. The molecule has 0 saturated heterocycles. The van der Waals surface area contributed by atoms with E-state index in [0.29, 0.717) is 29.4 Å². The van der Waals surface area contributed by atoms with Crippen molar-refractivity contribution in [1.82, 2.24) is 9.38 Å². The molecule has 7 nitrogen and oxygen atoms in total. The van der Waals surface area contributed by atoms with Gasteiger partial charge in [0.05, 0.1) is 5.69 Å². The summed E-state index contributed by atoms with van der Waals surface area (Å²) in [5.41, 5.74) is 2.87. The second-order valence-corrected chi connectivity index (χ2v) is 6.93. The van der Waals surface area contributed by atoms with Crippen LogP contribution >= 0.6 is 0 Å². The highest BCUT2D eigenvalue weighted by molar-refractivity contribution is 5.94. The van der Waals surface area contributed by atoms with Crippen molar-refractivity contribution in [3.63, 3.8) is 0 Å². The number of benzene rings is 2. The van der Waals surface area contributed by atoms with Gasteiger partial charge in [0.15, 0.2) is 12.4 Å². The lowest BCUT2D eigenvalue weighted by atomic mass is 10.1. The van der Waals surface area contributed by atoms with Gasteiger partial charge in [0, 0.05) is 29.7 Å². The van der Waals surface area contributed by atoms with E-state index in [2.05, 4.69) is 10.3 Å². The van der Waals surface area contributed by atoms with Crippen LogP contribution in [-0.4, -0.2) is 27.7 Å². The molecule has 1 amide bonds. The predicted molar refractivity (Wildman–Crippen MR) is 117 cm³/mol. The van der Waals surface area contributed by atoms with Gasteiger partial charge in [-0.15, -0.1) is 0 Å². The minimum absolute atomic E-state index is 0.0208. The summed E-state index contributed by atoms with van der Waals surface area (Å²) in [6, 6.07) is 19.6. The van der Waals surface area contributed by atoms with E-state index in [-0.39, 0.29) is 18.3 Å². The molecule has 0 aliphatic heterocycles. The number of Topliss-reactive ketones (excluding diaryl/α,β-unsaturated/α-hetero) is 1. The number of rotatable bonds is 8. The number of carbonyl (C=O) groups is 2. The Labute approximate surface area is 179 Å². The minimum Gasteiger partial charge on any atom is -0.487 e. The van der Waals surface area contributed by atoms with Gasteiger partial charge in [-0.25, -0.2) is 4.98 Å². The molecule has 4 aromatic rings. The van der Waals surface area contributed by atoms with Gasteiger partial charge in [-0.05, 0) is 55.5 Å². The molecule has 2 aromatic carbocycles. The number of ketones is 1. The zero-order valence-corrected chi connectivity index (χ0v) is 16.9. The average Bonchev–Trinajstić information content (AvgIpc) is 3.20. The van der Waals surface area contributed by atoms with E-state index in [9.17, 15) is 9.59 Å². The zero-order chi connectivity index (χ0) is 21.6. The van der Waals surface area contributed by atoms with Crippen LogP contribution in [0.2, 0.25) is 0 Å². The van der Waals surface area contributed by atoms with Crippen LogP contribution in [-0.2, 0) is 11.4 Å². The number of aromatic nitrogens is 2. The van der Waals surface area contributed by atoms with E-state index in [0.717, 1.165) is 11.3 Å². The third kappa shape index (κ3) is 5.27. The summed E-state index contributed by atoms with van der Waals surface area (Å²) in [5, 5.41) is 2.78. The van der Waals surface area contributed by atoms with Gasteiger partial charge in [0.1, 0.15) is 23.8 Å². The molecule has 0 unspecified atom stereocenters. The van der Waals surface area contributed by atoms with Gasteiger partial charge < -0.3 is 19.2 Å². The Kier molecular flexibility index (Phi) is 5.93. The van der Waals surface area contributed by atoms with E-state index >= 15 is 0 Å². The average molecular weight is 415 g/mol. The number of nitrogens with one attached hydrogen (secondary N) is 1. The van der Waals surface area contributed by atoms with Crippen LogP contribution in [0.1, 0.15) is 23.0 Å². The lowest BCUT2D eigenvalue weighted by Crippen LogP contribution is -2.20. The van der Waals surface area contributed by atoms with Crippen LogP contribution in [0.4, 0.5) is 5.69 Å². The number of carbonyl (C=O) groups excluding carboxylic acids is 2. The molecule has 0 saturated carbocycles. The van der Waals surface area contributed by atoms with Crippen LogP contribution in [0.3, 0.4) is 0 Å². The summed E-state index contributed by atoms with van der Waals surface area (Å²) in [6.07, 6.45) is 3.85. The fourth-order valence-corrected chi connectivity index (χ4v) is 3.01. The number of hydrogen-bond acceptors (Lipinski definition) is 5. The first kappa shape index (κ1) is 20.2. The summed E-state index contributed by atoms with van der Waals surface area (Å²) >= 11 is 0. The quantitative estimate of drug-likeness (QED) is 0.438. The Morgan fingerprint density at radius 3 is 2.58 bits per heavy atom. The second kappa shape index (κ2) is 9.13. The lowest BCUT2D eigenvalue weighted by Gasteiger charge is -2.10. The molecule has 0 bridgehead atoms. The van der Waals surface area contributed by atoms with E-state index in [1.54, 1.807) is 42.5 Å². The molecular formula is C24H21N3O4. The first-order chi connectivity index (χ1) is 15.1. The largest absolute Gasteiger partial charge is 0.487 e. The summed E-state index contributed by atoms with van der Waals surface area (Å²) < 4.78 is 13.2. The molecule has 7 heteroatoms. The normalized spacial score (nSPS) is 10.6. The van der Waals surface area contributed by atoms with E-state index in [4.69, 9.17) is 9.47 Å². The molecule has 0 spiro atoms. The van der Waals surface area contributed by atoms with Gasteiger partial charge in [0.2, 0.25) is 0 Å². The number of ether oxygens (including phenoxy) is 2. The molecular weight excluding hydrogens is 394 g/mol. The van der Waals surface area contributed by atoms with Crippen molar-refractivity contribution in [1.29, 1.82) is 0 Å². The number of pyridine rings is 1. The molecule has 0 radical (unpaired) electrons. The van der Waals surface area contributed by atoms with Gasteiger partial charge in [-0.2, -0.15) is 0 Å². The standard InChI is InChI=1S/C24H21N3O4/c1-17(28)18-8-10-21(11-9-18)31-16-24(29)26-19-5-4-6-22(13-19)30-15-20-14-27-12-3-2-7-23(27)25-20/h2-14H,15-16H2,1H3,(H,26,29). The number of amides is 1. The Hall–Kier alpha value is -4.13. The summed E-state index contributed by atoms with van der Waals surface area (Å²) in [6.45, 7) is 1.67. The van der Waals surface area contributed by atoms with Gasteiger partial charge in [-0.1, -0.05) is 12.1 Å². The van der Waals surface area contributed by atoms with Gasteiger partial charge in [-0.3, -0.25) is 9.59 Å². The number of anilines is 1. The topological polar surface area (TPSA) is 81.9 Å². The highest BCUT2D eigenvalue weighted by Crippen LogP contribution is 2.19. The smallest absolute Gasteiger partial charge is 0.262 e. The first-order valence-corrected chi connectivity index (χ1v) is 9.76. The Balaban J connectivity index is 1.30. The van der Waals surface area contributed by atoms with E-state index in [1.165, 1.54) is 6.92 Å². The molecule has 2 heterocycles. The maximum Gasteiger partial charge on any atom is 0.262 e. The van der Waals surface area contributed by atoms with Gasteiger partial charge >= 0.3 is 0 Å². The van der Waals surface area contributed by atoms with Crippen molar-refractivity contribution in [3.8, 4) is 11.5 Å². The lowest BCUT2D eigenvalue weighted by molar-refractivity contribution is -0.118. The highest BCUT2D eigenvalue weighted by atomic mass is 16.5. The fourth-order valence-electron chi connectivity index (χ4n) is 3.01. The molecule has 0 atom stereocenters. The Morgan fingerprint density at radius 2 is 1.81 bits per heavy atom. The van der Waals surface area contributed by atoms with Crippen LogP contribution < -0.4 is 14.8 Å². The van der Waals surface area contributed by atoms with Crippen molar-refractivity contribution in [2.75, 3.05) is 11.9 Å². The summed E-state index contributed by atoms with van der Waals surface area (Å²) in [5.74, 6) is 0.820. The molecule has 2 aromatic heterocycles. The second-order valence-electron chi connectivity index (χ2n) is 6.93. The third-order valence-corrected chi connectivity index (χ3v) is 4.55. The molecule has 0 aliphatic carbocycles. The molecule has 156 valence electrons. The molecule has 1 N–H and O–H groups in total. The first-order valence-electron chi connectivity index (χ1n) is 9.76. The Bertz CT molecular complexity index is 1180. The van der Waals surface area contributed by atoms with Crippen LogP contribution in [0.15, 0.2) is 79.1 Å². The van der Waals surface area contributed by atoms with Gasteiger partial charge in [0.25, 0.3) is 5.91 Å². The summed E-state index contributed by atoms with van der Waals surface area (Å²) in [4.78, 5) is 28.0. The fraction of sp³-hybridized carbons (Fsp3) is 0.125. The monoisotopic (exact) mass is 415 g/mol.